The Hall–Kier alpha value is -1.02. The Morgan fingerprint density at radius 1 is 1.27 bits per heavy atom. The number of hydrogen-bond acceptors (Lipinski definition) is 1. The molecule has 0 aliphatic heterocycles. The fraction of sp³-hybridized carbons (Fsp3) is 0.385. The summed E-state index contributed by atoms with van der Waals surface area (Å²) in [6, 6.07) is 8.24. The number of hydrogen-bond donors (Lipinski definition) is 0. The van der Waals surface area contributed by atoms with Crippen LogP contribution < -0.4 is 4.74 Å². The van der Waals surface area contributed by atoms with Crippen LogP contribution in [0, 0.1) is 0 Å². The van der Waals surface area contributed by atoms with Crippen LogP contribution in [0.1, 0.15) is 12.5 Å². The molecular formula is C13H20OSi. The zero-order chi connectivity index (χ0) is 11.5. The lowest BCUT2D eigenvalue weighted by Crippen LogP contribution is -2.16. The van der Waals surface area contributed by atoms with Crippen LogP contribution in [0.4, 0.5) is 0 Å². The van der Waals surface area contributed by atoms with Crippen molar-refractivity contribution in [3.8, 4) is 5.75 Å². The van der Waals surface area contributed by atoms with E-state index in [1.165, 1.54) is 11.1 Å². The molecule has 0 atom stereocenters. The summed E-state index contributed by atoms with van der Waals surface area (Å²) in [5.41, 5.74) is 5.03. The Bertz CT molecular complexity index is 361. The molecule has 2 heteroatoms. The van der Waals surface area contributed by atoms with E-state index in [1.807, 2.05) is 12.1 Å². The molecule has 82 valence electrons. The third kappa shape index (κ3) is 3.92. The van der Waals surface area contributed by atoms with Gasteiger partial charge in [0.1, 0.15) is 5.75 Å². The van der Waals surface area contributed by atoms with Crippen LogP contribution in [0.25, 0.3) is 5.57 Å². The molecule has 1 aromatic carbocycles. The molecule has 1 aromatic rings. The molecule has 0 radical (unpaired) electrons. The molecule has 0 heterocycles. The van der Waals surface area contributed by atoms with E-state index >= 15 is 0 Å². The molecule has 0 amide bonds. The monoisotopic (exact) mass is 220 g/mol. The summed E-state index contributed by atoms with van der Waals surface area (Å²) in [5, 5.41) is 0. The third-order valence-electron chi connectivity index (χ3n) is 2.17. The highest BCUT2D eigenvalue weighted by atomic mass is 28.3. The van der Waals surface area contributed by atoms with Crippen molar-refractivity contribution in [3.63, 3.8) is 0 Å². The fourth-order valence-electron chi connectivity index (χ4n) is 1.60. The van der Waals surface area contributed by atoms with Crippen LogP contribution >= 0.6 is 0 Å². The lowest BCUT2D eigenvalue weighted by molar-refractivity contribution is 0.414. The van der Waals surface area contributed by atoms with E-state index in [1.54, 1.807) is 7.11 Å². The van der Waals surface area contributed by atoms with Gasteiger partial charge in [-0.25, -0.2) is 0 Å². The largest absolute Gasteiger partial charge is 0.497 e. The molecule has 0 fully saturated rings. The first kappa shape index (κ1) is 12.0. The van der Waals surface area contributed by atoms with E-state index in [0.717, 1.165) is 5.75 Å². The van der Waals surface area contributed by atoms with Gasteiger partial charge in [-0.1, -0.05) is 43.0 Å². The minimum atomic E-state index is -1.13. The minimum Gasteiger partial charge on any atom is -0.497 e. The van der Waals surface area contributed by atoms with E-state index in [9.17, 15) is 0 Å². The molecular weight excluding hydrogens is 200 g/mol. The quantitative estimate of drug-likeness (QED) is 0.700. The van der Waals surface area contributed by atoms with Crippen molar-refractivity contribution in [1.29, 1.82) is 0 Å². The van der Waals surface area contributed by atoms with Gasteiger partial charge in [-0.05, 0) is 24.6 Å². The van der Waals surface area contributed by atoms with E-state index in [-0.39, 0.29) is 0 Å². The Balaban J connectivity index is 3.01. The van der Waals surface area contributed by atoms with Crippen molar-refractivity contribution < 1.29 is 4.74 Å². The predicted octanol–water partition coefficient (Wildman–Crippen LogP) is 3.98. The minimum absolute atomic E-state index is 0.927. The normalized spacial score (nSPS) is 12.7. The van der Waals surface area contributed by atoms with Gasteiger partial charge in [0.2, 0.25) is 0 Å². The number of allylic oxidation sites excluding steroid dienone is 1. The Labute approximate surface area is 93.8 Å². The molecule has 0 unspecified atom stereocenters. The standard InChI is InChI=1S/C13H20OSi/c1-11(10-15(3,4)5)12-7-6-8-13(9-12)14-2/h6-10H,1-5H3/b11-10+. The maximum atomic E-state index is 5.22. The van der Waals surface area contributed by atoms with Crippen LogP contribution in [0.3, 0.4) is 0 Å². The van der Waals surface area contributed by atoms with Gasteiger partial charge in [0.05, 0.1) is 15.2 Å². The smallest absolute Gasteiger partial charge is 0.119 e. The van der Waals surface area contributed by atoms with E-state index < -0.39 is 8.07 Å². The molecule has 0 saturated heterocycles. The molecule has 1 rings (SSSR count). The summed E-state index contributed by atoms with van der Waals surface area (Å²) in [6.07, 6.45) is 0. The summed E-state index contributed by atoms with van der Waals surface area (Å²) < 4.78 is 5.22. The molecule has 1 nitrogen and oxygen atoms in total. The van der Waals surface area contributed by atoms with E-state index in [0.29, 0.717) is 0 Å². The molecule has 0 N–H and O–H groups in total. The topological polar surface area (TPSA) is 9.23 Å². The highest BCUT2D eigenvalue weighted by Gasteiger charge is 2.10. The first-order chi connectivity index (χ1) is 6.92. The SMILES string of the molecule is COc1cccc(/C(C)=C/[Si](C)(C)C)c1. The van der Waals surface area contributed by atoms with Gasteiger partial charge in [-0.3, -0.25) is 0 Å². The van der Waals surface area contributed by atoms with Crippen molar-refractivity contribution >= 4 is 13.6 Å². The Kier molecular flexibility index (Phi) is 3.75. The van der Waals surface area contributed by atoms with Gasteiger partial charge >= 0.3 is 0 Å². The molecule has 0 aliphatic carbocycles. The summed E-state index contributed by atoms with van der Waals surface area (Å²) in [6.45, 7) is 9.21. The number of benzene rings is 1. The Morgan fingerprint density at radius 2 is 1.93 bits per heavy atom. The highest BCUT2D eigenvalue weighted by Crippen LogP contribution is 2.21. The summed E-state index contributed by atoms with van der Waals surface area (Å²) >= 11 is 0. The maximum Gasteiger partial charge on any atom is 0.119 e. The fourth-order valence-corrected chi connectivity index (χ4v) is 3.07. The van der Waals surface area contributed by atoms with Crippen molar-refractivity contribution in [2.75, 3.05) is 7.11 Å². The predicted molar refractivity (Wildman–Crippen MR) is 70.0 cm³/mol. The zero-order valence-electron chi connectivity index (χ0n) is 10.3. The average molecular weight is 220 g/mol. The van der Waals surface area contributed by atoms with E-state index in [4.69, 9.17) is 4.74 Å². The Morgan fingerprint density at radius 3 is 2.47 bits per heavy atom. The van der Waals surface area contributed by atoms with Crippen molar-refractivity contribution in [2.45, 2.75) is 26.6 Å². The highest BCUT2D eigenvalue weighted by molar-refractivity contribution is 6.81. The third-order valence-corrected chi connectivity index (χ3v) is 3.47. The van der Waals surface area contributed by atoms with Crippen LogP contribution in [0.2, 0.25) is 19.6 Å². The zero-order valence-corrected chi connectivity index (χ0v) is 11.3. The lowest BCUT2D eigenvalue weighted by atomic mass is 10.1. The second kappa shape index (κ2) is 4.66. The first-order valence-electron chi connectivity index (χ1n) is 5.26. The second-order valence-electron chi connectivity index (χ2n) is 4.93. The van der Waals surface area contributed by atoms with Gasteiger partial charge in [0.25, 0.3) is 0 Å². The van der Waals surface area contributed by atoms with Crippen LogP contribution in [-0.4, -0.2) is 15.2 Å². The molecule has 0 saturated carbocycles. The molecule has 0 spiro atoms. The summed E-state index contributed by atoms with van der Waals surface area (Å²) in [7, 11) is 0.572. The van der Waals surface area contributed by atoms with Gasteiger partial charge in [-0.15, -0.1) is 0 Å². The average Bonchev–Trinajstić information content (AvgIpc) is 2.15. The van der Waals surface area contributed by atoms with Crippen LogP contribution in [-0.2, 0) is 0 Å². The summed E-state index contributed by atoms with van der Waals surface area (Å²) in [4.78, 5) is 0. The maximum absolute atomic E-state index is 5.22. The van der Waals surface area contributed by atoms with Crippen molar-refractivity contribution in [1.82, 2.24) is 0 Å². The number of ether oxygens (including phenoxy) is 1. The second-order valence-corrected chi connectivity index (χ2v) is 9.95. The van der Waals surface area contributed by atoms with Gasteiger partial charge in [0, 0.05) is 0 Å². The van der Waals surface area contributed by atoms with Gasteiger partial charge in [0.15, 0.2) is 0 Å². The lowest BCUT2D eigenvalue weighted by Gasteiger charge is -2.12. The van der Waals surface area contributed by atoms with Crippen LogP contribution in [0.5, 0.6) is 5.75 Å². The summed E-state index contributed by atoms with van der Waals surface area (Å²) in [5.74, 6) is 0.927. The number of methoxy groups -OCH3 is 1. The van der Waals surface area contributed by atoms with Crippen molar-refractivity contribution in [3.05, 3.63) is 35.5 Å². The van der Waals surface area contributed by atoms with Gasteiger partial charge < -0.3 is 4.74 Å². The molecule has 0 bridgehead atoms. The van der Waals surface area contributed by atoms with Crippen molar-refractivity contribution in [2.24, 2.45) is 0 Å². The molecule has 0 aromatic heterocycles. The molecule has 15 heavy (non-hydrogen) atoms. The van der Waals surface area contributed by atoms with Crippen LogP contribution in [0.15, 0.2) is 30.0 Å². The first-order valence-corrected chi connectivity index (χ1v) is 8.84. The van der Waals surface area contributed by atoms with Gasteiger partial charge in [-0.2, -0.15) is 0 Å². The number of rotatable bonds is 3. The van der Waals surface area contributed by atoms with E-state index in [2.05, 4.69) is 44.4 Å². The molecule has 0 aliphatic rings.